The number of esters is 1. The lowest BCUT2D eigenvalue weighted by Gasteiger charge is -2.26. The van der Waals surface area contributed by atoms with Gasteiger partial charge >= 0.3 is 12.1 Å². The summed E-state index contributed by atoms with van der Waals surface area (Å²) in [5.74, 6) is -0.164. The summed E-state index contributed by atoms with van der Waals surface area (Å²) in [7, 11) is 1.29. The molecule has 1 fully saturated rings. The van der Waals surface area contributed by atoms with Crippen LogP contribution in [0.25, 0.3) is 0 Å². The Morgan fingerprint density at radius 1 is 1.18 bits per heavy atom. The molecule has 17 heavy (non-hydrogen) atoms. The van der Waals surface area contributed by atoms with E-state index in [4.69, 9.17) is 9.47 Å². The van der Waals surface area contributed by atoms with Crippen molar-refractivity contribution in [2.75, 3.05) is 13.7 Å². The third kappa shape index (κ3) is 4.63. The molecule has 1 aliphatic carbocycles. The van der Waals surface area contributed by atoms with Crippen molar-refractivity contribution in [3.63, 3.8) is 0 Å². The van der Waals surface area contributed by atoms with Crippen molar-refractivity contribution in [2.45, 2.75) is 45.1 Å². The molecule has 0 radical (unpaired) electrons. The third-order valence-corrected chi connectivity index (χ3v) is 2.89. The van der Waals surface area contributed by atoms with Crippen molar-refractivity contribution in [3.8, 4) is 0 Å². The maximum absolute atomic E-state index is 11.6. The molecule has 0 spiro atoms. The molecule has 0 aromatic rings. The standard InChI is InChI=1S/C12H20O5/c1-3-8-16-11(13)9-4-6-10(7-5-9)17-12(14)15-2/h9-10H,3-8H2,1-2H3. The fourth-order valence-corrected chi connectivity index (χ4v) is 1.92. The molecule has 0 bridgehead atoms. The van der Waals surface area contributed by atoms with Crippen molar-refractivity contribution < 1.29 is 23.8 Å². The van der Waals surface area contributed by atoms with Gasteiger partial charge in [0, 0.05) is 0 Å². The molecule has 0 unspecified atom stereocenters. The maximum Gasteiger partial charge on any atom is 0.508 e. The predicted molar refractivity (Wildman–Crippen MR) is 60.5 cm³/mol. The fraction of sp³-hybridized carbons (Fsp3) is 0.833. The molecular formula is C12H20O5. The Hall–Kier alpha value is -1.26. The Morgan fingerprint density at radius 2 is 1.82 bits per heavy atom. The van der Waals surface area contributed by atoms with Crippen LogP contribution >= 0.6 is 0 Å². The summed E-state index contributed by atoms with van der Waals surface area (Å²) >= 11 is 0. The van der Waals surface area contributed by atoms with Crippen molar-refractivity contribution in [1.82, 2.24) is 0 Å². The molecule has 0 N–H and O–H groups in total. The Morgan fingerprint density at radius 3 is 2.35 bits per heavy atom. The first-order chi connectivity index (χ1) is 8.17. The van der Waals surface area contributed by atoms with E-state index in [2.05, 4.69) is 4.74 Å². The lowest BCUT2D eigenvalue weighted by molar-refractivity contribution is -0.150. The summed E-state index contributed by atoms with van der Waals surface area (Å²) in [6.07, 6.45) is 2.88. The summed E-state index contributed by atoms with van der Waals surface area (Å²) in [6, 6.07) is 0. The molecule has 0 aliphatic heterocycles. The first kappa shape index (κ1) is 13.8. The SMILES string of the molecule is CCCOC(=O)C1CCC(OC(=O)OC)CC1. The molecule has 5 heteroatoms. The second kappa shape index (κ2) is 7.14. The number of ether oxygens (including phenoxy) is 3. The van der Waals surface area contributed by atoms with E-state index < -0.39 is 6.16 Å². The van der Waals surface area contributed by atoms with E-state index in [1.54, 1.807) is 0 Å². The Kier molecular flexibility index (Phi) is 5.80. The second-order valence-electron chi connectivity index (χ2n) is 4.21. The molecule has 1 saturated carbocycles. The monoisotopic (exact) mass is 244 g/mol. The largest absolute Gasteiger partial charge is 0.508 e. The van der Waals surface area contributed by atoms with E-state index >= 15 is 0 Å². The van der Waals surface area contributed by atoms with Gasteiger partial charge in [-0.1, -0.05) is 6.92 Å². The van der Waals surface area contributed by atoms with E-state index in [1.165, 1.54) is 7.11 Å². The molecular weight excluding hydrogens is 224 g/mol. The van der Waals surface area contributed by atoms with Gasteiger partial charge in [-0.25, -0.2) is 4.79 Å². The highest BCUT2D eigenvalue weighted by atomic mass is 16.7. The van der Waals surface area contributed by atoms with Crippen LogP contribution in [0.4, 0.5) is 4.79 Å². The van der Waals surface area contributed by atoms with Crippen molar-refractivity contribution in [1.29, 1.82) is 0 Å². The van der Waals surface area contributed by atoms with Gasteiger partial charge < -0.3 is 14.2 Å². The van der Waals surface area contributed by atoms with Crippen LogP contribution in [0, 0.1) is 5.92 Å². The van der Waals surface area contributed by atoms with Crippen molar-refractivity contribution in [3.05, 3.63) is 0 Å². The molecule has 1 rings (SSSR count). The van der Waals surface area contributed by atoms with Gasteiger partial charge in [0.05, 0.1) is 19.6 Å². The molecule has 0 heterocycles. The Balaban J connectivity index is 2.25. The molecule has 98 valence electrons. The van der Waals surface area contributed by atoms with Crippen molar-refractivity contribution >= 4 is 12.1 Å². The Bertz CT molecular complexity index is 256. The number of methoxy groups -OCH3 is 1. The van der Waals surface area contributed by atoms with Gasteiger partial charge in [-0.2, -0.15) is 0 Å². The van der Waals surface area contributed by atoms with Crippen LogP contribution in [0.5, 0.6) is 0 Å². The zero-order valence-corrected chi connectivity index (χ0v) is 10.4. The van der Waals surface area contributed by atoms with E-state index in [1.807, 2.05) is 6.92 Å². The minimum atomic E-state index is -0.651. The quantitative estimate of drug-likeness (QED) is 0.710. The summed E-state index contributed by atoms with van der Waals surface area (Å²) < 4.78 is 14.6. The van der Waals surface area contributed by atoms with Gasteiger partial charge in [-0.05, 0) is 32.1 Å². The smallest absolute Gasteiger partial charge is 0.465 e. The molecule has 5 nitrogen and oxygen atoms in total. The van der Waals surface area contributed by atoms with Gasteiger partial charge in [0.1, 0.15) is 6.10 Å². The normalized spacial score (nSPS) is 23.9. The summed E-state index contributed by atoms with van der Waals surface area (Å²) in [4.78, 5) is 22.5. The number of carbonyl (C=O) groups is 2. The van der Waals surface area contributed by atoms with E-state index in [-0.39, 0.29) is 18.0 Å². The number of hydrogen-bond donors (Lipinski definition) is 0. The minimum Gasteiger partial charge on any atom is -0.465 e. The number of rotatable bonds is 4. The minimum absolute atomic E-state index is 0.0425. The fourth-order valence-electron chi connectivity index (χ4n) is 1.92. The van der Waals surface area contributed by atoms with Crippen molar-refractivity contribution in [2.24, 2.45) is 5.92 Å². The molecule has 1 aliphatic rings. The highest BCUT2D eigenvalue weighted by Crippen LogP contribution is 2.27. The first-order valence-electron chi connectivity index (χ1n) is 6.08. The highest BCUT2D eigenvalue weighted by molar-refractivity contribution is 5.72. The van der Waals surface area contributed by atoms with Crippen LogP contribution in [0.15, 0.2) is 0 Å². The average Bonchev–Trinajstić information content (AvgIpc) is 2.36. The lowest BCUT2D eigenvalue weighted by Crippen LogP contribution is -2.29. The molecule has 0 amide bonds. The summed E-state index contributed by atoms with van der Waals surface area (Å²) in [5, 5.41) is 0. The average molecular weight is 244 g/mol. The highest BCUT2D eigenvalue weighted by Gasteiger charge is 2.29. The lowest BCUT2D eigenvalue weighted by atomic mass is 9.87. The predicted octanol–water partition coefficient (Wildman–Crippen LogP) is 2.28. The number of hydrogen-bond acceptors (Lipinski definition) is 5. The summed E-state index contributed by atoms with van der Waals surface area (Å²) in [5.41, 5.74) is 0. The van der Waals surface area contributed by atoms with Crippen LogP contribution in [0.3, 0.4) is 0 Å². The van der Waals surface area contributed by atoms with Gasteiger partial charge in [0.25, 0.3) is 0 Å². The Labute approximate surface area is 101 Å². The van der Waals surface area contributed by atoms with Crippen LogP contribution in [0.2, 0.25) is 0 Å². The third-order valence-electron chi connectivity index (χ3n) is 2.89. The van der Waals surface area contributed by atoms with Crippen LogP contribution in [-0.2, 0) is 19.0 Å². The van der Waals surface area contributed by atoms with E-state index in [9.17, 15) is 9.59 Å². The number of carbonyl (C=O) groups excluding carboxylic acids is 2. The van der Waals surface area contributed by atoms with Gasteiger partial charge in [-0.15, -0.1) is 0 Å². The van der Waals surface area contributed by atoms with Gasteiger partial charge in [-0.3, -0.25) is 4.79 Å². The molecule has 0 atom stereocenters. The maximum atomic E-state index is 11.6. The van der Waals surface area contributed by atoms with Gasteiger partial charge in [0.2, 0.25) is 0 Å². The zero-order chi connectivity index (χ0) is 12.7. The van der Waals surface area contributed by atoms with Crippen LogP contribution < -0.4 is 0 Å². The van der Waals surface area contributed by atoms with E-state index in [0.29, 0.717) is 32.3 Å². The van der Waals surface area contributed by atoms with Gasteiger partial charge in [0.15, 0.2) is 0 Å². The van der Waals surface area contributed by atoms with Crippen LogP contribution in [-0.4, -0.2) is 31.9 Å². The van der Waals surface area contributed by atoms with Crippen LogP contribution in [0.1, 0.15) is 39.0 Å². The second-order valence-corrected chi connectivity index (χ2v) is 4.21. The molecule has 0 aromatic heterocycles. The molecule has 0 saturated heterocycles. The molecule has 0 aromatic carbocycles. The topological polar surface area (TPSA) is 61.8 Å². The first-order valence-corrected chi connectivity index (χ1v) is 6.08. The zero-order valence-electron chi connectivity index (χ0n) is 10.4. The van der Waals surface area contributed by atoms with E-state index in [0.717, 1.165) is 6.42 Å². The summed E-state index contributed by atoms with van der Waals surface area (Å²) in [6.45, 7) is 2.45.